The zero-order valence-corrected chi connectivity index (χ0v) is 22.7. The summed E-state index contributed by atoms with van der Waals surface area (Å²) in [6, 6.07) is 1.42. The number of anilines is 1. The first kappa shape index (κ1) is 24.6. The van der Waals surface area contributed by atoms with Gasteiger partial charge in [0.1, 0.15) is 29.3 Å². The number of nitrogens with one attached hydrogen (secondary N) is 1. The minimum absolute atomic E-state index is 0.150. The zero-order chi connectivity index (χ0) is 30.3. The van der Waals surface area contributed by atoms with E-state index in [0.29, 0.717) is 25.9 Å². The Balaban J connectivity index is 1.39. The molecule has 2 bridgehead atoms. The van der Waals surface area contributed by atoms with Crippen molar-refractivity contribution in [3.63, 3.8) is 0 Å². The monoisotopic (exact) mass is 594 g/mol. The molecular weight excluding hydrogens is 564 g/mol. The third kappa shape index (κ3) is 4.64. The van der Waals surface area contributed by atoms with Crippen molar-refractivity contribution in [3.8, 4) is 23.0 Å². The van der Waals surface area contributed by atoms with E-state index in [1.807, 2.05) is 4.90 Å². The lowest BCUT2D eigenvalue weighted by molar-refractivity contribution is -0.137. The molecule has 0 amide bonds. The summed E-state index contributed by atoms with van der Waals surface area (Å²) in [7, 11) is 0. The van der Waals surface area contributed by atoms with Gasteiger partial charge >= 0.3 is 12.2 Å². The summed E-state index contributed by atoms with van der Waals surface area (Å²) < 4.78 is 82.4. The molecule has 2 N–H and O–H groups in total. The van der Waals surface area contributed by atoms with Gasteiger partial charge in [-0.3, -0.25) is 9.88 Å². The molecule has 4 fully saturated rings. The third-order valence-corrected chi connectivity index (χ3v) is 9.05. The summed E-state index contributed by atoms with van der Waals surface area (Å²) in [5, 5.41) is 12.9. The number of pyridine rings is 1. The minimum atomic E-state index is -4.97. The second kappa shape index (κ2) is 9.81. The molecule has 8 nitrogen and oxygen atoms in total. The van der Waals surface area contributed by atoms with Crippen LogP contribution in [0.25, 0.3) is 22.2 Å². The molecule has 0 radical (unpaired) electrons. The molecule has 2 unspecified atom stereocenters. The van der Waals surface area contributed by atoms with Gasteiger partial charge in [-0.05, 0) is 63.7 Å². The number of benzene rings is 1. The molecule has 0 saturated carbocycles. The smallest absolute Gasteiger partial charge is 0.418 e. The highest BCUT2D eigenvalue weighted by Crippen LogP contribution is 2.45. The highest BCUT2D eigenvalue weighted by Gasteiger charge is 2.45. The van der Waals surface area contributed by atoms with Crippen LogP contribution in [0.5, 0.6) is 11.8 Å². The first-order chi connectivity index (χ1) is 20.4. The van der Waals surface area contributed by atoms with E-state index in [1.54, 1.807) is 0 Å². The molecule has 2 atom stereocenters. The lowest BCUT2D eigenvalue weighted by atomic mass is 9.95. The van der Waals surface area contributed by atoms with Gasteiger partial charge in [0.2, 0.25) is 0 Å². The number of ether oxygens (including phenoxy) is 1. The van der Waals surface area contributed by atoms with Crippen molar-refractivity contribution in [1.82, 2.24) is 25.2 Å². The number of hydrogen-bond acceptors (Lipinski definition) is 8. The predicted octanol–water partition coefficient (Wildman–Crippen LogP) is 5.16. The maximum absolute atomic E-state index is 16.4. The first-order valence-electron chi connectivity index (χ1n) is 14.8. The van der Waals surface area contributed by atoms with Crippen molar-refractivity contribution < 1.29 is 30.1 Å². The molecule has 218 valence electrons. The van der Waals surface area contributed by atoms with Gasteiger partial charge < -0.3 is 20.1 Å². The maximum atomic E-state index is 16.4. The molecule has 3 aromatic rings. The Labute approximate surface area is 241 Å². The molecule has 7 rings (SSSR count). The highest BCUT2D eigenvalue weighted by molar-refractivity contribution is 6.32. The Morgan fingerprint density at radius 1 is 1.15 bits per heavy atom. The summed E-state index contributed by atoms with van der Waals surface area (Å²) in [6.07, 6.45) is 0.927. The Hall–Kier alpha value is -2.96. The summed E-state index contributed by atoms with van der Waals surface area (Å²) in [5.74, 6) is -1.52. The van der Waals surface area contributed by atoms with Crippen LogP contribution in [-0.2, 0) is 6.18 Å². The number of phenols is 1. The van der Waals surface area contributed by atoms with Crippen LogP contribution in [0.3, 0.4) is 0 Å². The van der Waals surface area contributed by atoms with Gasteiger partial charge in [0.05, 0.1) is 24.3 Å². The third-order valence-electron chi connectivity index (χ3n) is 8.75. The lowest BCUT2D eigenvalue weighted by Gasteiger charge is -2.34. The van der Waals surface area contributed by atoms with Gasteiger partial charge in [0, 0.05) is 36.9 Å². The Morgan fingerprint density at radius 3 is 2.54 bits per heavy atom. The van der Waals surface area contributed by atoms with E-state index in [9.17, 15) is 18.3 Å². The van der Waals surface area contributed by atoms with Crippen LogP contribution in [0.2, 0.25) is 5.02 Å². The number of aromatic nitrogens is 3. The van der Waals surface area contributed by atoms with Crippen LogP contribution in [0.4, 0.5) is 23.4 Å². The fourth-order valence-electron chi connectivity index (χ4n) is 6.95. The van der Waals surface area contributed by atoms with Crippen molar-refractivity contribution in [1.29, 1.82) is 0 Å². The van der Waals surface area contributed by atoms with E-state index in [2.05, 4.69) is 25.2 Å². The Kier molecular flexibility index (Phi) is 5.89. The van der Waals surface area contributed by atoms with Crippen molar-refractivity contribution in [2.45, 2.75) is 62.3 Å². The van der Waals surface area contributed by atoms with Crippen molar-refractivity contribution in [2.24, 2.45) is 0 Å². The summed E-state index contributed by atoms with van der Waals surface area (Å²) in [6.45, 7) is 0.344. The maximum Gasteiger partial charge on any atom is 0.418 e. The molecule has 13 heteroatoms. The molecule has 4 saturated heterocycles. The fourth-order valence-corrected chi connectivity index (χ4v) is 7.27. The number of hydrogen-bond donors (Lipinski definition) is 2. The average Bonchev–Trinajstić information content (AvgIpc) is 3.62. The molecule has 41 heavy (non-hydrogen) atoms. The number of piperazine rings is 1. The van der Waals surface area contributed by atoms with Crippen LogP contribution < -0.4 is 15.0 Å². The Bertz CT molecular complexity index is 1590. The number of phenolic OH excluding ortho intramolecular Hbond substituents is 1. The molecule has 4 aliphatic heterocycles. The van der Waals surface area contributed by atoms with Crippen LogP contribution in [0.15, 0.2) is 18.3 Å². The molecule has 0 spiro atoms. The largest absolute Gasteiger partial charge is 0.508 e. The minimum Gasteiger partial charge on any atom is -0.508 e. The van der Waals surface area contributed by atoms with Crippen LogP contribution in [0.1, 0.15) is 46.8 Å². The number of fused-ring (bicyclic) bond motifs is 4. The molecule has 0 aliphatic carbocycles. The number of halogens is 5. The van der Waals surface area contributed by atoms with Crippen molar-refractivity contribution in [3.05, 3.63) is 34.7 Å². The molecule has 6 heterocycles. The van der Waals surface area contributed by atoms with E-state index in [1.165, 1.54) is 6.20 Å². The zero-order valence-electron chi connectivity index (χ0n) is 23.9. The average molecular weight is 595 g/mol. The van der Waals surface area contributed by atoms with Gasteiger partial charge in [-0.1, -0.05) is 11.6 Å². The van der Waals surface area contributed by atoms with Crippen molar-refractivity contribution in [2.75, 3.05) is 37.6 Å². The predicted molar refractivity (Wildman–Crippen MR) is 145 cm³/mol. The van der Waals surface area contributed by atoms with E-state index in [4.69, 9.17) is 19.1 Å². The van der Waals surface area contributed by atoms with E-state index >= 15 is 4.39 Å². The second-order valence-corrected chi connectivity index (χ2v) is 11.7. The summed E-state index contributed by atoms with van der Waals surface area (Å²) >= 11 is 5.87. The SMILES string of the molecule is [2H]C([2H])(Oc1nc(N2CC3CCC(C2)N3)c2cnc(-c3cc(O)cc(Cl)c3C(F)(F)F)c(F)c2n1)C12CCCN1CCC2. The molecular formula is C28H29ClF4N6O2. The number of aromatic hydroxyl groups is 1. The van der Waals surface area contributed by atoms with Crippen LogP contribution >= 0.6 is 11.6 Å². The molecule has 4 aliphatic rings. The van der Waals surface area contributed by atoms with Crippen molar-refractivity contribution >= 4 is 28.3 Å². The standard InChI is InChI=1S/C28H29ClF4N6O2/c29-20-10-17(40)9-18(21(20)28(31,32)33)23-22(30)24-19(11-34-23)25(38-12-15-3-4-16(13-38)35-15)37-26(36-24)41-14-27-5-1-7-39(27)8-2-6-27/h9-11,15-16,35,40H,1-8,12-14H2/i14D2. The van der Waals surface area contributed by atoms with E-state index in [-0.39, 0.29) is 28.8 Å². The quantitative estimate of drug-likeness (QED) is 0.392. The van der Waals surface area contributed by atoms with Gasteiger partial charge in [-0.25, -0.2) is 4.39 Å². The van der Waals surface area contributed by atoms with Gasteiger partial charge in [-0.15, -0.1) is 0 Å². The summed E-state index contributed by atoms with van der Waals surface area (Å²) in [5.41, 5.74) is -4.05. The highest BCUT2D eigenvalue weighted by atomic mass is 35.5. The normalized spacial score (nSPS) is 25.0. The number of rotatable bonds is 5. The number of alkyl halides is 3. The van der Waals surface area contributed by atoms with Gasteiger partial charge in [-0.2, -0.15) is 23.1 Å². The van der Waals surface area contributed by atoms with E-state index in [0.717, 1.165) is 50.9 Å². The Morgan fingerprint density at radius 2 is 1.85 bits per heavy atom. The number of nitrogens with zero attached hydrogens (tertiary/aromatic N) is 5. The van der Waals surface area contributed by atoms with Gasteiger partial charge in [0.25, 0.3) is 0 Å². The first-order valence-corrected chi connectivity index (χ1v) is 14.2. The summed E-state index contributed by atoms with van der Waals surface area (Å²) in [4.78, 5) is 16.9. The van der Waals surface area contributed by atoms with E-state index < -0.39 is 57.7 Å². The molecule has 2 aromatic heterocycles. The van der Waals surface area contributed by atoms with Crippen LogP contribution in [-0.4, -0.2) is 75.3 Å². The lowest BCUT2D eigenvalue weighted by Crippen LogP contribution is -2.51. The molecule has 1 aromatic carbocycles. The second-order valence-electron chi connectivity index (χ2n) is 11.3. The topological polar surface area (TPSA) is 86.6 Å². The van der Waals surface area contributed by atoms with Gasteiger partial charge in [0.15, 0.2) is 5.82 Å². The van der Waals surface area contributed by atoms with Crippen LogP contribution in [0, 0.1) is 5.82 Å². The fraction of sp³-hybridized carbons (Fsp3) is 0.536.